The van der Waals surface area contributed by atoms with Gasteiger partial charge in [-0.3, -0.25) is 0 Å². The van der Waals surface area contributed by atoms with Crippen LogP contribution in [0.3, 0.4) is 0 Å². The molecule has 0 saturated heterocycles. The molecule has 0 aromatic carbocycles. The molecule has 0 bridgehead atoms. The molecule has 4 heteroatoms. The summed E-state index contributed by atoms with van der Waals surface area (Å²) in [6.45, 7) is 8.09. The van der Waals surface area contributed by atoms with Crippen molar-refractivity contribution in [2.24, 2.45) is 5.41 Å². The number of carbonyl (C=O) groups excluding carboxylic acids is 2. The van der Waals surface area contributed by atoms with Crippen LogP contribution < -0.4 is 0 Å². The first-order chi connectivity index (χ1) is 8.76. The summed E-state index contributed by atoms with van der Waals surface area (Å²) < 4.78 is 9.60. The van der Waals surface area contributed by atoms with E-state index < -0.39 is 11.9 Å². The van der Waals surface area contributed by atoms with Gasteiger partial charge in [0.2, 0.25) is 0 Å². The van der Waals surface area contributed by atoms with Crippen LogP contribution in [0, 0.1) is 5.41 Å². The zero-order valence-electron chi connectivity index (χ0n) is 13.0. The number of carbonyl (C=O) groups is 2. The van der Waals surface area contributed by atoms with Crippen LogP contribution in [0.15, 0.2) is 11.1 Å². The standard InChI is InChI=1S/C15H26O4/c1-7-8-9-11(13(16)18-5)12(14(17)19-6)10-15(2,3)4/h7-10H2,1-6H3/b12-11-. The average Bonchev–Trinajstić information content (AvgIpc) is 2.34. The first kappa shape index (κ1) is 17.7. The first-order valence-corrected chi connectivity index (χ1v) is 6.65. The average molecular weight is 270 g/mol. The number of hydrogen-bond acceptors (Lipinski definition) is 4. The summed E-state index contributed by atoms with van der Waals surface area (Å²) in [5.74, 6) is -0.871. The lowest BCUT2D eigenvalue weighted by atomic mass is 9.85. The van der Waals surface area contributed by atoms with Crippen molar-refractivity contribution in [2.75, 3.05) is 14.2 Å². The highest BCUT2D eigenvalue weighted by atomic mass is 16.5. The molecule has 0 fully saturated rings. The lowest BCUT2D eigenvalue weighted by Crippen LogP contribution is -2.19. The van der Waals surface area contributed by atoms with Crippen molar-refractivity contribution >= 4 is 11.9 Å². The molecule has 0 saturated carbocycles. The number of unbranched alkanes of at least 4 members (excludes halogenated alkanes) is 1. The van der Waals surface area contributed by atoms with Gasteiger partial charge < -0.3 is 9.47 Å². The molecule has 0 aliphatic rings. The Morgan fingerprint density at radius 1 is 0.947 bits per heavy atom. The second-order valence-electron chi connectivity index (χ2n) is 5.78. The van der Waals surface area contributed by atoms with Crippen molar-refractivity contribution in [3.63, 3.8) is 0 Å². The van der Waals surface area contributed by atoms with E-state index in [2.05, 4.69) is 0 Å². The quantitative estimate of drug-likeness (QED) is 0.549. The minimum Gasteiger partial charge on any atom is -0.466 e. The van der Waals surface area contributed by atoms with Gasteiger partial charge in [0, 0.05) is 11.1 Å². The summed E-state index contributed by atoms with van der Waals surface area (Å²) >= 11 is 0. The lowest BCUT2D eigenvalue weighted by Gasteiger charge is -2.21. The van der Waals surface area contributed by atoms with Crippen LogP contribution in [0.4, 0.5) is 0 Å². The van der Waals surface area contributed by atoms with E-state index in [0.717, 1.165) is 12.8 Å². The van der Waals surface area contributed by atoms with Crippen molar-refractivity contribution in [3.05, 3.63) is 11.1 Å². The maximum absolute atomic E-state index is 11.9. The third kappa shape index (κ3) is 6.41. The van der Waals surface area contributed by atoms with Crippen molar-refractivity contribution in [2.45, 2.75) is 53.4 Å². The first-order valence-electron chi connectivity index (χ1n) is 6.65. The van der Waals surface area contributed by atoms with Crippen LogP contribution in [0.5, 0.6) is 0 Å². The summed E-state index contributed by atoms with van der Waals surface area (Å²) in [4.78, 5) is 23.8. The molecule has 0 amide bonds. The van der Waals surface area contributed by atoms with E-state index in [4.69, 9.17) is 9.47 Å². The molecule has 0 atom stereocenters. The summed E-state index contributed by atoms with van der Waals surface area (Å²) in [6.07, 6.45) is 2.83. The van der Waals surface area contributed by atoms with E-state index in [0.29, 0.717) is 24.0 Å². The Labute approximate surface area is 116 Å². The molecule has 0 unspecified atom stereocenters. The maximum atomic E-state index is 11.9. The van der Waals surface area contributed by atoms with E-state index in [1.165, 1.54) is 14.2 Å². The summed E-state index contributed by atoms with van der Waals surface area (Å²) in [6, 6.07) is 0. The Balaban J connectivity index is 5.54. The lowest BCUT2D eigenvalue weighted by molar-refractivity contribution is -0.139. The Morgan fingerprint density at radius 3 is 1.79 bits per heavy atom. The fourth-order valence-electron chi connectivity index (χ4n) is 1.81. The van der Waals surface area contributed by atoms with Gasteiger partial charge in [-0.15, -0.1) is 0 Å². The highest BCUT2D eigenvalue weighted by molar-refractivity contribution is 6.00. The van der Waals surface area contributed by atoms with Crippen LogP contribution in [-0.2, 0) is 19.1 Å². The van der Waals surface area contributed by atoms with Crippen LogP contribution >= 0.6 is 0 Å². The van der Waals surface area contributed by atoms with Gasteiger partial charge in [0.05, 0.1) is 14.2 Å². The Morgan fingerprint density at radius 2 is 1.42 bits per heavy atom. The fraction of sp³-hybridized carbons (Fsp3) is 0.733. The molecule has 0 N–H and O–H groups in total. The van der Waals surface area contributed by atoms with Gasteiger partial charge in [-0.05, 0) is 24.7 Å². The number of rotatable bonds is 6. The number of esters is 2. The van der Waals surface area contributed by atoms with Gasteiger partial charge in [-0.1, -0.05) is 34.1 Å². The van der Waals surface area contributed by atoms with Gasteiger partial charge in [-0.2, -0.15) is 0 Å². The van der Waals surface area contributed by atoms with Crippen molar-refractivity contribution in [1.82, 2.24) is 0 Å². The molecule has 0 heterocycles. The van der Waals surface area contributed by atoms with Gasteiger partial charge in [0.15, 0.2) is 0 Å². The fourth-order valence-corrected chi connectivity index (χ4v) is 1.81. The van der Waals surface area contributed by atoms with E-state index in [1.54, 1.807) is 0 Å². The van der Waals surface area contributed by atoms with E-state index in [1.807, 2.05) is 27.7 Å². The molecule has 0 spiro atoms. The summed E-state index contributed by atoms with van der Waals surface area (Å²) in [5, 5.41) is 0. The zero-order valence-corrected chi connectivity index (χ0v) is 13.0. The molecule has 4 nitrogen and oxygen atoms in total. The Kier molecular flexibility index (Phi) is 7.42. The van der Waals surface area contributed by atoms with Crippen LogP contribution in [0.1, 0.15) is 53.4 Å². The maximum Gasteiger partial charge on any atom is 0.334 e. The SMILES string of the molecule is CCCC/C(C(=O)OC)=C(\CC(C)(C)C)C(=O)OC. The Hall–Kier alpha value is -1.32. The van der Waals surface area contributed by atoms with Gasteiger partial charge >= 0.3 is 11.9 Å². The number of hydrogen-bond donors (Lipinski definition) is 0. The molecule has 19 heavy (non-hydrogen) atoms. The molecule has 0 rings (SSSR count). The second kappa shape index (κ2) is 7.97. The van der Waals surface area contributed by atoms with Crippen molar-refractivity contribution in [3.8, 4) is 0 Å². The molecule has 0 aliphatic heterocycles. The predicted molar refractivity (Wildman–Crippen MR) is 74.7 cm³/mol. The van der Waals surface area contributed by atoms with Crippen LogP contribution in [0.2, 0.25) is 0 Å². The minimum atomic E-state index is -0.438. The van der Waals surface area contributed by atoms with E-state index in [9.17, 15) is 9.59 Å². The zero-order chi connectivity index (χ0) is 15.1. The molecular formula is C15H26O4. The Bertz CT molecular complexity index is 348. The third-order valence-electron chi connectivity index (χ3n) is 2.72. The van der Waals surface area contributed by atoms with Crippen molar-refractivity contribution in [1.29, 1.82) is 0 Å². The smallest absolute Gasteiger partial charge is 0.334 e. The molecule has 110 valence electrons. The summed E-state index contributed by atoms with van der Waals surface area (Å²) in [5.41, 5.74) is 0.788. The normalized spacial score (nSPS) is 12.7. The molecule has 0 aromatic heterocycles. The monoisotopic (exact) mass is 270 g/mol. The number of ether oxygens (including phenoxy) is 2. The summed E-state index contributed by atoms with van der Waals surface area (Å²) in [7, 11) is 2.67. The van der Waals surface area contributed by atoms with Gasteiger partial charge in [0.1, 0.15) is 0 Å². The van der Waals surface area contributed by atoms with E-state index in [-0.39, 0.29) is 5.41 Å². The molecule has 0 radical (unpaired) electrons. The van der Waals surface area contributed by atoms with Gasteiger partial charge in [0.25, 0.3) is 0 Å². The van der Waals surface area contributed by atoms with Crippen molar-refractivity contribution < 1.29 is 19.1 Å². The third-order valence-corrected chi connectivity index (χ3v) is 2.72. The highest BCUT2D eigenvalue weighted by Crippen LogP contribution is 2.29. The second-order valence-corrected chi connectivity index (χ2v) is 5.78. The highest BCUT2D eigenvalue weighted by Gasteiger charge is 2.26. The largest absolute Gasteiger partial charge is 0.466 e. The number of methoxy groups -OCH3 is 2. The molecular weight excluding hydrogens is 244 g/mol. The molecule has 0 aromatic rings. The topological polar surface area (TPSA) is 52.6 Å². The molecule has 0 aliphatic carbocycles. The van der Waals surface area contributed by atoms with Gasteiger partial charge in [-0.25, -0.2) is 9.59 Å². The van der Waals surface area contributed by atoms with E-state index >= 15 is 0 Å². The predicted octanol–water partition coefficient (Wildman–Crippen LogP) is 3.26. The minimum absolute atomic E-state index is 0.102. The van der Waals surface area contributed by atoms with Crippen LogP contribution in [0.25, 0.3) is 0 Å². The van der Waals surface area contributed by atoms with Crippen LogP contribution in [-0.4, -0.2) is 26.2 Å².